The highest BCUT2D eigenvalue weighted by Crippen LogP contribution is 2.45. The molecule has 2 amide bonds. The second-order valence-electron chi connectivity index (χ2n) is 13.5. The van der Waals surface area contributed by atoms with Gasteiger partial charge in [-0.25, -0.2) is 18.3 Å². The van der Waals surface area contributed by atoms with Crippen molar-refractivity contribution >= 4 is 45.8 Å². The lowest BCUT2D eigenvalue weighted by Gasteiger charge is -2.36. The maximum atomic E-state index is 16.1. The Hall–Kier alpha value is -5.87. The number of likely N-dealkylation sites (tertiary alicyclic amines) is 1. The third-order valence-electron chi connectivity index (χ3n) is 10.3. The van der Waals surface area contributed by atoms with E-state index in [1.54, 1.807) is 21.7 Å². The third kappa shape index (κ3) is 5.41. The number of pyridine rings is 1. The normalized spacial score (nSPS) is 20.5. The first-order chi connectivity index (χ1) is 25.1. The number of carbonyl (C=O) groups is 3. The molecule has 2 aromatic carbocycles. The summed E-state index contributed by atoms with van der Waals surface area (Å²) in [4.78, 5) is 61.7. The number of halogens is 2. The van der Waals surface area contributed by atoms with E-state index < -0.39 is 34.5 Å². The quantitative estimate of drug-likeness (QED) is 0.255. The van der Waals surface area contributed by atoms with Crippen LogP contribution >= 0.6 is 0 Å². The van der Waals surface area contributed by atoms with E-state index >= 15 is 4.39 Å². The second kappa shape index (κ2) is 12.7. The lowest BCUT2D eigenvalue weighted by molar-refractivity contribution is -0.136. The predicted molar refractivity (Wildman–Crippen MR) is 182 cm³/mol. The maximum Gasteiger partial charge on any atom is 0.341 e. The summed E-state index contributed by atoms with van der Waals surface area (Å²) in [6.45, 7) is 1.09. The Morgan fingerprint density at radius 3 is 2.62 bits per heavy atom. The largest absolute Gasteiger partial charge is 0.492 e. The smallest absolute Gasteiger partial charge is 0.341 e. The molecular weight excluding hydrogens is 682 g/mol. The first kappa shape index (κ1) is 33.3. The van der Waals surface area contributed by atoms with Gasteiger partial charge in [0.05, 0.1) is 48.0 Å². The molecule has 0 unspecified atom stereocenters. The van der Waals surface area contributed by atoms with Gasteiger partial charge >= 0.3 is 5.97 Å². The second-order valence-corrected chi connectivity index (χ2v) is 13.5. The first-order valence-corrected chi connectivity index (χ1v) is 16.9. The highest BCUT2D eigenvalue weighted by Gasteiger charge is 2.43. The van der Waals surface area contributed by atoms with E-state index in [1.165, 1.54) is 42.1 Å². The molecule has 1 aliphatic carbocycles. The minimum absolute atomic E-state index is 0.0309. The molecule has 8 rings (SSSR count). The zero-order valence-corrected chi connectivity index (χ0v) is 28.3. The molecule has 0 bridgehead atoms. The van der Waals surface area contributed by atoms with Crippen LogP contribution in [0.5, 0.6) is 5.75 Å². The molecule has 1 saturated carbocycles. The minimum Gasteiger partial charge on any atom is -0.492 e. The summed E-state index contributed by atoms with van der Waals surface area (Å²) in [6, 6.07) is 5.15. The zero-order valence-electron chi connectivity index (χ0n) is 28.3. The molecule has 2 saturated heterocycles. The van der Waals surface area contributed by atoms with Gasteiger partial charge in [0.15, 0.2) is 17.3 Å². The molecule has 15 nitrogen and oxygen atoms in total. The van der Waals surface area contributed by atoms with E-state index in [0.717, 1.165) is 31.7 Å². The van der Waals surface area contributed by atoms with Crippen LogP contribution in [0.3, 0.4) is 0 Å². The van der Waals surface area contributed by atoms with Crippen molar-refractivity contribution in [3.05, 3.63) is 75.3 Å². The predicted octanol–water partition coefficient (Wildman–Crippen LogP) is 2.94. The molecule has 1 N–H and O–H groups in total. The summed E-state index contributed by atoms with van der Waals surface area (Å²) in [5, 5.41) is 21.6. The van der Waals surface area contributed by atoms with Crippen LogP contribution in [0.2, 0.25) is 0 Å². The average molecular weight is 717 g/mol. The van der Waals surface area contributed by atoms with Crippen LogP contribution in [0.1, 0.15) is 53.3 Å². The molecule has 0 spiro atoms. The number of methoxy groups -OCH3 is 1. The van der Waals surface area contributed by atoms with Gasteiger partial charge in [0, 0.05) is 31.9 Å². The van der Waals surface area contributed by atoms with Crippen LogP contribution < -0.4 is 20.0 Å². The lowest BCUT2D eigenvalue weighted by atomic mass is 9.92. The number of carboxylic acids is 1. The number of aromatic carboxylic acids is 1. The van der Waals surface area contributed by atoms with E-state index in [-0.39, 0.29) is 65.1 Å². The highest BCUT2D eigenvalue weighted by atomic mass is 19.1. The van der Waals surface area contributed by atoms with E-state index in [4.69, 9.17) is 9.57 Å². The number of nitrogens with zero attached hydrogens (tertiary/aromatic N) is 8. The number of carboxylic acid groups (broad SMARTS) is 1. The number of hydrogen-bond acceptors (Lipinski definition) is 10. The van der Waals surface area contributed by atoms with Crippen molar-refractivity contribution < 1.29 is 37.8 Å². The van der Waals surface area contributed by atoms with E-state index in [0.29, 0.717) is 36.5 Å². The zero-order chi connectivity index (χ0) is 36.4. The molecule has 270 valence electrons. The van der Waals surface area contributed by atoms with Gasteiger partial charge in [0.1, 0.15) is 36.4 Å². The summed E-state index contributed by atoms with van der Waals surface area (Å²) in [5.74, 6) is -3.27. The summed E-state index contributed by atoms with van der Waals surface area (Å²) < 4.78 is 39.6. The lowest BCUT2D eigenvalue weighted by Crippen LogP contribution is -2.49. The number of rotatable bonds is 9. The molecule has 17 heteroatoms. The van der Waals surface area contributed by atoms with Gasteiger partial charge in [-0.1, -0.05) is 16.4 Å². The maximum absolute atomic E-state index is 16.1. The number of benzene rings is 2. The molecule has 2 atom stereocenters. The molecule has 3 aliphatic heterocycles. The number of piperidine rings is 1. The summed E-state index contributed by atoms with van der Waals surface area (Å²) in [6.07, 6.45) is 6.04. The number of anilines is 2. The van der Waals surface area contributed by atoms with Crippen LogP contribution in [0.4, 0.5) is 20.2 Å². The fourth-order valence-corrected chi connectivity index (χ4v) is 7.93. The van der Waals surface area contributed by atoms with Gasteiger partial charge in [-0.05, 0) is 49.8 Å². The molecule has 4 aromatic rings. The van der Waals surface area contributed by atoms with Gasteiger partial charge in [-0.15, -0.1) is 5.10 Å². The van der Waals surface area contributed by atoms with Crippen molar-refractivity contribution in [2.75, 3.05) is 43.7 Å². The molecule has 5 heterocycles. The average Bonchev–Trinajstić information content (AvgIpc) is 3.62. The van der Waals surface area contributed by atoms with Crippen LogP contribution in [0, 0.1) is 17.6 Å². The van der Waals surface area contributed by atoms with Gasteiger partial charge < -0.3 is 29.0 Å². The Morgan fingerprint density at radius 2 is 1.88 bits per heavy atom. The van der Waals surface area contributed by atoms with E-state index in [9.17, 15) is 28.7 Å². The number of carbonyl (C=O) groups excluding carboxylic acids is 2. The van der Waals surface area contributed by atoms with E-state index in [1.807, 2.05) is 4.90 Å². The number of amides is 2. The van der Waals surface area contributed by atoms with Crippen LogP contribution in [0.15, 0.2) is 46.6 Å². The van der Waals surface area contributed by atoms with Crippen molar-refractivity contribution in [1.29, 1.82) is 0 Å². The van der Waals surface area contributed by atoms with Crippen LogP contribution in [-0.2, 0) is 27.5 Å². The van der Waals surface area contributed by atoms with Crippen molar-refractivity contribution in [1.82, 2.24) is 24.5 Å². The third-order valence-corrected chi connectivity index (χ3v) is 10.3. The minimum atomic E-state index is -1.38. The standard InChI is InChI=1S/C35H34F2N8O7/c1-51-33-30-21(32(47)22(35(49)50)15-44(30)20-8-9-20)11-24(37)31(33)41-12-18-5-4-10-43(26(18)16-41)27(46)17-42-13-19(38-40-42)14-45-25-7-3-6-23(36)28(25)29(34(45)48)39-52-2/h3,6-7,11,13,15,18,20,26H,4-5,8-10,12,14,16-17H2,1-2H3,(H,49,50)/b39-29+/t18-,26+/m1/s1. The SMILES string of the molecule is CO/N=C1/C(=O)N(Cc2cn(CC(=O)N3CCC[C@@H]4CN(c5c(F)cc6c(=O)c(C(=O)O)cn(C7CC7)c6c5OC)C[C@@H]43)nn2)c2cccc(F)c21. The number of ether oxygens (including phenoxy) is 1. The molecule has 52 heavy (non-hydrogen) atoms. The fraction of sp³-hybridized carbons (Fsp3) is 0.400. The topological polar surface area (TPSA) is 165 Å². The Balaban J connectivity index is 1.02. The fourth-order valence-electron chi connectivity index (χ4n) is 7.93. The molecular formula is C35H34F2N8O7. The number of hydrogen-bond donors (Lipinski definition) is 1. The highest BCUT2D eigenvalue weighted by molar-refractivity contribution is 6.54. The number of aromatic nitrogens is 4. The summed E-state index contributed by atoms with van der Waals surface area (Å²) >= 11 is 0. The van der Waals surface area contributed by atoms with Crippen molar-refractivity contribution in [2.45, 2.75) is 50.9 Å². The Bertz CT molecular complexity index is 2250. The van der Waals surface area contributed by atoms with Crippen molar-refractivity contribution in [3.63, 3.8) is 0 Å². The summed E-state index contributed by atoms with van der Waals surface area (Å²) in [5.41, 5.74) is -0.109. The van der Waals surface area contributed by atoms with Gasteiger partial charge in [-0.2, -0.15) is 0 Å². The molecule has 4 aliphatic rings. The first-order valence-electron chi connectivity index (χ1n) is 16.9. The number of oxime groups is 1. The molecule has 0 radical (unpaired) electrons. The van der Waals surface area contributed by atoms with Gasteiger partial charge in [0.2, 0.25) is 11.3 Å². The Labute approximate surface area is 294 Å². The van der Waals surface area contributed by atoms with E-state index in [2.05, 4.69) is 15.5 Å². The van der Waals surface area contributed by atoms with Gasteiger partial charge in [-0.3, -0.25) is 19.3 Å². The number of fused-ring (bicyclic) bond motifs is 3. The Kier molecular flexibility index (Phi) is 8.14. The molecule has 3 fully saturated rings. The van der Waals surface area contributed by atoms with Gasteiger partial charge in [0.25, 0.3) is 5.91 Å². The summed E-state index contributed by atoms with van der Waals surface area (Å²) in [7, 11) is 2.67. The van der Waals surface area contributed by atoms with Crippen LogP contribution in [0.25, 0.3) is 10.9 Å². The van der Waals surface area contributed by atoms with Crippen molar-refractivity contribution in [3.8, 4) is 5.75 Å². The monoisotopic (exact) mass is 716 g/mol. The Morgan fingerprint density at radius 1 is 1.08 bits per heavy atom. The van der Waals surface area contributed by atoms with Crippen molar-refractivity contribution in [2.24, 2.45) is 11.1 Å². The van der Waals surface area contributed by atoms with Crippen LogP contribution in [-0.4, -0.2) is 93.0 Å². The molecule has 2 aromatic heterocycles.